The lowest BCUT2D eigenvalue weighted by Gasteiger charge is -2.33. The highest BCUT2D eigenvalue weighted by molar-refractivity contribution is 8.00. The van der Waals surface area contributed by atoms with E-state index in [0.717, 1.165) is 31.6 Å². The first kappa shape index (κ1) is 33.6. The number of para-hydroxylation sites is 2. The zero-order valence-electron chi connectivity index (χ0n) is 27.1. The molecule has 1 atom stereocenters. The maximum Gasteiger partial charge on any atom is 0.272 e. The van der Waals surface area contributed by atoms with E-state index < -0.39 is 11.8 Å². The van der Waals surface area contributed by atoms with Gasteiger partial charge in [-0.1, -0.05) is 73.3 Å². The molecule has 1 unspecified atom stereocenters. The zero-order chi connectivity index (χ0) is 34.2. The Hall–Kier alpha value is -5.25. The van der Waals surface area contributed by atoms with Crippen LogP contribution in [0.25, 0.3) is 6.08 Å². The summed E-state index contributed by atoms with van der Waals surface area (Å²) in [4.78, 5) is 45.6. The summed E-state index contributed by atoms with van der Waals surface area (Å²) in [6.45, 7) is 4.47. The van der Waals surface area contributed by atoms with Gasteiger partial charge in [0.2, 0.25) is 5.91 Å². The van der Waals surface area contributed by atoms with Crippen LogP contribution in [0.3, 0.4) is 0 Å². The molecule has 49 heavy (non-hydrogen) atoms. The lowest BCUT2D eigenvalue weighted by atomic mass is 10.1. The number of amides is 3. The number of nitrogens with zero attached hydrogens (tertiary/aromatic N) is 1. The lowest BCUT2D eigenvalue weighted by molar-refractivity contribution is -0.117. The molecule has 2 N–H and O–H groups in total. The fourth-order valence-corrected chi connectivity index (χ4v) is 7.36. The molecule has 0 aromatic heterocycles. The first-order chi connectivity index (χ1) is 23.9. The average molecular weight is 686 g/mol. The third kappa shape index (κ3) is 8.08. The molecule has 0 saturated carbocycles. The van der Waals surface area contributed by atoms with Crippen LogP contribution in [0.4, 0.5) is 17.1 Å². The van der Waals surface area contributed by atoms with E-state index in [-0.39, 0.29) is 16.9 Å². The summed E-state index contributed by atoms with van der Waals surface area (Å²) < 4.78 is 5.53. The summed E-state index contributed by atoms with van der Waals surface area (Å²) in [5, 5.41) is 5.35. The Kier molecular flexibility index (Phi) is 10.8. The highest BCUT2D eigenvalue weighted by atomic mass is 32.2. The van der Waals surface area contributed by atoms with Gasteiger partial charge < -0.3 is 15.4 Å². The van der Waals surface area contributed by atoms with Gasteiger partial charge in [0, 0.05) is 25.9 Å². The Balaban J connectivity index is 1.18. The van der Waals surface area contributed by atoms with E-state index in [4.69, 9.17) is 4.74 Å². The Labute approximate surface area is 294 Å². The van der Waals surface area contributed by atoms with Crippen molar-refractivity contribution in [2.45, 2.75) is 40.2 Å². The molecule has 1 aliphatic heterocycles. The number of anilines is 3. The Bertz CT molecular complexity index is 1930. The second kappa shape index (κ2) is 15.8. The molecule has 0 aliphatic carbocycles. The maximum atomic E-state index is 14.1. The number of carbonyl (C=O) groups is 3. The number of nitrogens with one attached hydrogen (secondary N) is 2. The second-order valence-electron chi connectivity index (χ2n) is 11.1. The summed E-state index contributed by atoms with van der Waals surface area (Å²) in [5.74, 6) is -0.134. The first-order valence-electron chi connectivity index (χ1n) is 16.0. The number of rotatable bonds is 11. The monoisotopic (exact) mass is 685 g/mol. The maximum absolute atomic E-state index is 14.1. The first-order valence-corrected chi connectivity index (χ1v) is 17.7. The minimum Gasteiger partial charge on any atom is -0.494 e. The molecule has 1 heterocycles. The smallest absolute Gasteiger partial charge is 0.272 e. The molecule has 0 spiro atoms. The molecule has 0 bridgehead atoms. The van der Waals surface area contributed by atoms with Crippen molar-refractivity contribution in [1.82, 2.24) is 5.32 Å². The number of fused-ring (bicyclic) bond motifs is 2. The highest BCUT2D eigenvalue weighted by Crippen LogP contribution is 2.48. The minimum absolute atomic E-state index is 0.0169. The molecule has 0 radical (unpaired) electrons. The van der Waals surface area contributed by atoms with Crippen LogP contribution in [0, 0.1) is 0 Å². The van der Waals surface area contributed by atoms with Crippen molar-refractivity contribution in [3.05, 3.63) is 144 Å². The van der Waals surface area contributed by atoms with Crippen LogP contribution in [0.15, 0.2) is 148 Å². The van der Waals surface area contributed by atoms with E-state index >= 15 is 0 Å². The molecule has 5 aromatic rings. The van der Waals surface area contributed by atoms with Gasteiger partial charge >= 0.3 is 0 Å². The van der Waals surface area contributed by atoms with Crippen LogP contribution in [0.5, 0.6) is 5.75 Å². The van der Waals surface area contributed by atoms with E-state index in [9.17, 15) is 14.4 Å². The predicted molar refractivity (Wildman–Crippen MR) is 199 cm³/mol. The molecule has 7 nitrogen and oxygen atoms in total. The summed E-state index contributed by atoms with van der Waals surface area (Å²) in [7, 11) is 0. The molecule has 5 aromatic carbocycles. The number of carbonyl (C=O) groups excluding carboxylic acids is 3. The highest BCUT2D eigenvalue weighted by Gasteiger charge is 2.32. The average Bonchev–Trinajstić information content (AvgIpc) is 3.14. The fourth-order valence-electron chi connectivity index (χ4n) is 5.31. The van der Waals surface area contributed by atoms with Crippen molar-refractivity contribution >= 4 is 64.4 Å². The second-order valence-corrected chi connectivity index (χ2v) is 13.4. The van der Waals surface area contributed by atoms with Gasteiger partial charge in [0.15, 0.2) is 0 Å². The largest absolute Gasteiger partial charge is 0.494 e. The fraction of sp³-hybridized carbons (Fsp3) is 0.125. The molecular formula is C40H35N3O4S2. The van der Waals surface area contributed by atoms with Gasteiger partial charge in [-0.3, -0.25) is 19.3 Å². The van der Waals surface area contributed by atoms with Gasteiger partial charge in [0.1, 0.15) is 11.4 Å². The summed E-state index contributed by atoms with van der Waals surface area (Å²) in [5.41, 5.74) is 3.58. The van der Waals surface area contributed by atoms with Crippen molar-refractivity contribution in [3.63, 3.8) is 0 Å². The Morgan fingerprint density at radius 1 is 0.776 bits per heavy atom. The van der Waals surface area contributed by atoms with Gasteiger partial charge in [0.25, 0.3) is 11.8 Å². The predicted octanol–water partition coefficient (Wildman–Crippen LogP) is 9.20. The Morgan fingerprint density at radius 3 is 2.00 bits per heavy atom. The van der Waals surface area contributed by atoms with Crippen LogP contribution in [0.2, 0.25) is 0 Å². The van der Waals surface area contributed by atoms with E-state index in [1.54, 1.807) is 54.2 Å². The Morgan fingerprint density at radius 2 is 1.39 bits per heavy atom. The zero-order valence-corrected chi connectivity index (χ0v) is 28.7. The van der Waals surface area contributed by atoms with E-state index in [0.29, 0.717) is 30.0 Å². The van der Waals surface area contributed by atoms with Crippen molar-refractivity contribution in [2.24, 2.45) is 0 Å². The van der Waals surface area contributed by atoms with Crippen LogP contribution in [-0.2, 0) is 9.59 Å². The van der Waals surface area contributed by atoms with E-state index in [1.807, 2.05) is 110 Å². The SMILES string of the molecule is CCOc1ccc(/C=C(\NC(=O)c2ccccc2)C(=O)Nc2ccc(SC(CC)C(=O)N3c4ccccc4Sc4ccccc43)cc2)cc1. The molecule has 0 fully saturated rings. The quantitative estimate of drug-likeness (QED) is 0.107. The summed E-state index contributed by atoms with van der Waals surface area (Å²) in [6.07, 6.45) is 2.26. The number of ether oxygens (including phenoxy) is 1. The number of hydrogen-bond donors (Lipinski definition) is 2. The molecule has 0 saturated heterocycles. The van der Waals surface area contributed by atoms with Crippen LogP contribution in [0.1, 0.15) is 36.2 Å². The van der Waals surface area contributed by atoms with Crippen LogP contribution < -0.4 is 20.3 Å². The third-order valence-electron chi connectivity index (χ3n) is 7.72. The number of thioether (sulfide) groups is 1. The summed E-state index contributed by atoms with van der Waals surface area (Å²) >= 11 is 3.17. The summed E-state index contributed by atoms with van der Waals surface area (Å²) in [6, 6.07) is 39.4. The normalized spacial score (nSPS) is 12.7. The molecule has 9 heteroatoms. The molecule has 3 amide bonds. The molecular weight excluding hydrogens is 651 g/mol. The van der Waals surface area contributed by atoms with Gasteiger partial charge in [-0.15, -0.1) is 11.8 Å². The van der Waals surface area contributed by atoms with Crippen molar-refractivity contribution in [2.75, 3.05) is 16.8 Å². The van der Waals surface area contributed by atoms with Crippen LogP contribution in [-0.4, -0.2) is 29.6 Å². The van der Waals surface area contributed by atoms with E-state index in [1.165, 1.54) is 11.8 Å². The van der Waals surface area contributed by atoms with Crippen molar-refractivity contribution < 1.29 is 19.1 Å². The van der Waals surface area contributed by atoms with Gasteiger partial charge in [0.05, 0.1) is 23.2 Å². The van der Waals surface area contributed by atoms with Crippen LogP contribution >= 0.6 is 23.5 Å². The molecule has 1 aliphatic rings. The van der Waals surface area contributed by atoms with Gasteiger partial charge in [-0.05, 0) is 97.8 Å². The number of benzene rings is 5. The topological polar surface area (TPSA) is 87.7 Å². The lowest BCUT2D eigenvalue weighted by Crippen LogP contribution is -2.35. The number of hydrogen-bond acceptors (Lipinski definition) is 6. The van der Waals surface area contributed by atoms with Gasteiger partial charge in [-0.2, -0.15) is 0 Å². The van der Waals surface area contributed by atoms with Crippen molar-refractivity contribution in [3.8, 4) is 5.75 Å². The molecule has 246 valence electrons. The van der Waals surface area contributed by atoms with E-state index in [2.05, 4.69) is 10.6 Å². The van der Waals surface area contributed by atoms with Gasteiger partial charge in [-0.25, -0.2) is 0 Å². The van der Waals surface area contributed by atoms with Crippen molar-refractivity contribution in [1.29, 1.82) is 0 Å². The minimum atomic E-state index is -0.472. The third-order valence-corrected chi connectivity index (χ3v) is 10.2. The molecule has 6 rings (SSSR count). The standard InChI is InChI=1S/C40H35N3O4S2/c1-3-35(40(46)43-33-14-8-10-16-36(33)49-37-17-11-9-15-34(37)43)48-31-24-20-29(21-25-31)41-39(45)32(42-38(44)28-12-6-5-7-13-28)26-27-18-22-30(23-19-27)47-4-2/h5-26,35H,3-4H2,1-2H3,(H,41,45)(H,42,44)/b32-26-.